The Balaban J connectivity index is 2.29. The van der Waals surface area contributed by atoms with Gasteiger partial charge >= 0.3 is 0 Å². The summed E-state index contributed by atoms with van der Waals surface area (Å²) in [6.45, 7) is 2.03. The van der Waals surface area contributed by atoms with E-state index >= 15 is 0 Å². The van der Waals surface area contributed by atoms with Gasteiger partial charge in [0.05, 0.1) is 17.2 Å². The van der Waals surface area contributed by atoms with Gasteiger partial charge in [-0.2, -0.15) is 0 Å². The largest absolute Gasteiger partial charge is 0.494 e. The molecule has 2 rings (SSSR count). The third-order valence-corrected chi connectivity index (χ3v) is 3.67. The number of amides is 1. The molecule has 5 heteroatoms. The monoisotopic (exact) mass is 323 g/mol. The van der Waals surface area contributed by atoms with Crippen LogP contribution in [-0.2, 0) is 6.42 Å². The second-order valence-electron chi connectivity index (χ2n) is 4.44. The van der Waals surface area contributed by atoms with Crippen LogP contribution in [-0.4, -0.2) is 13.0 Å². The Bertz CT molecular complexity index is 648. The first-order valence-electron chi connectivity index (χ1n) is 6.49. The van der Waals surface area contributed by atoms with Gasteiger partial charge in [0.2, 0.25) is 0 Å². The number of aryl methyl sites for hydroxylation is 1. The molecule has 0 aliphatic rings. The van der Waals surface area contributed by atoms with Crippen molar-refractivity contribution in [3.63, 3.8) is 0 Å². The highest BCUT2D eigenvalue weighted by Crippen LogP contribution is 2.34. The molecule has 3 nitrogen and oxygen atoms in total. The minimum absolute atomic E-state index is 0.262. The molecule has 0 aliphatic heterocycles. The van der Waals surface area contributed by atoms with E-state index in [1.54, 1.807) is 0 Å². The van der Waals surface area contributed by atoms with Gasteiger partial charge in [0.1, 0.15) is 0 Å². The Hall–Kier alpha value is -1.71. The van der Waals surface area contributed by atoms with Gasteiger partial charge in [-0.25, -0.2) is 0 Å². The highest BCUT2D eigenvalue weighted by molar-refractivity contribution is 6.37. The van der Waals surface area contributed by atoms with E-state index in [-0.39, 0.29) is 5.91 Å². The summed E-state index contributed by atoms with van der Waals surface area (Å²) in [5.74, 6) is 0.103. The lowest BCUT2D eigenvalue weighted by Gasteiger charge is -2.11. The van der Waals surface area contributed by atoms with Crippen LogP contribution in [0.4, 0.5) is 5.69 Å². The molecule has 0 radical (unpaired) electrons. The van der Waals surface area contributed by atoms with Gasteiger partial charge in [-0.3, -0.25) is 4.79 Å². The molecule has 1 N–H and O–H groups in total. The maximum Gasteiger partial charge on any atom is 0.255 e. The van der Waals surface area contributed by atoms with Crippen molar-refractivity contribution < 1.29 is 9.53 Å². The van der Waals surface area contributed by atoms with E-state index in [1.165, 1.54) is 19.2 Å². The Morgan fingerprint density at radius 2 is 1.81 bits per heavy atom. The average molecular weight is 324 g/mol. The number of hydrogen-bond donors (Lipinski definition) is 1. The molecule has 2 aromatic carbocycles. The zero-order valence-corrected chi connectivity index (χ0v) is 13.3. The quantitative estimate of drug-likeness (QED) is 0.876. The number of carbonyl (C=O) groups is 1. The van der Waals surface area contributed by atoms with Crippen molar-refractivity contribution in [2.45, 2.75) is 13.3 Å². The minimum atomic E-state index is -0.262. The molecule has 0 saturated carbocycles. The van der Waals surface area contributed by atoms with Crippen LogP contribution in [0.15, 0.2) is 36.4 Å². The van der Waals surface area contributed by atoms with Gasteiger partial charge in [-0.1, -0.05) is 48.3 Å². The number of anilines is 1. The highest BCUT2D eigenvalue weighted by Gasteiger charge is 2.14. The maximum absolute atomic E-state index is 12.3. The van der Waals surface area contributed by atoms with Gasteiger partial charge in [0.15, 0.2) is 5.75 Å². The van der Waals surface area contributed by atoms with E-state index in [1.807, 2.05) is 31.2 Å². The van der Waals surface area contributed by atoms with Crippen molar-refractivity contribution in [2.24, 2.45) is 0 Å². The molecular weight excluding hydrogens is 309 g/mol. The lowest BCUT2D eigenvalue weighted by Crippen LogP contribution is -2.13. The SMILES string of the molecule is CCc1ccccc1NC(=O)c1cc(Cl)c(OC)c(Cl)c1. The first-order chi connectivity index (χ1) is 10.1. The van der Waals surface area contributed by atoms with Gasteiger partial charge in [-0.05, 0) is 30.2 Å². The molecule has 0 aromatic heterocycles. The molecule has 0 heterocycles. The molecule has 110 valence electrons. The molecule has 21 heavy (non-hydrogen) atoms. The van der Waals surface area contributed by atoms with Gasteiger partial charge in [0.25, 0.3) is 5.91 Å². The van der Waals surface area contributed by atoms with E-state index in [4.69, 9.17) is 27.9 Å². The molecule has 0 fully saturated rings. The Kier molecular flexibility index (Phi) is 5.10. The zero-order valence-electron chi connectivity index (χ0n) is 11.7. The van der Waals surface area contributed by atoms with Crippen molar-refractivity contribution in [2.75, 3.05) is 12.4 Å². The summed E-state index contributed by atoms with van der Waals surface area (Å²) in [6.07, 6.45) is 0.834. The average Bonchev–Trinajstić information content (AvgIpc) is 2.47. The smallest absolute Gasteiger partial charge is 0.255 e. The molecule has 0 saturated heterocycles. The van der Waals surface area contributed by atoms with Crippen molar-refractivity contribution >= 4 is 34.8 Å². The molecular formula is C16H15Cl2NO2. The fraction of sp³-hybridized carbons (Fsp3) is 0.188. The summed E-state index contributed by atoms with van der Waals surface area (Å²) in [5, 5.41) is 3.48. The van der Waals surface area contributed by atoms with Crippen LogP contribution in [0.25, 0.3) is 0 Å². The second kappa shape index (κ2) is 6.83. The Labute approximate surface area is 133 Å². The van der Waals surface area contributed by atoms with Crippen LogP contribution < -0.4 is 10.1 Å². The van der Waals surface area contributed by atoms with E-state index in [0.29, 0.717) is 21.4 Å². The summed E-state index contributed by atoms with van der Waals surface area (Å²) in [4.78, 5) is 12.3. The number of nitrogens with one attached hydrogen (secondary N) is 1. The fourth-order valence-corrected chi connectivity index (χ4v) is 2.67. The summed E-state index contributed by atoms with van der Waals surface area (Å²) in [5.41, 5.74) is 2.24. The van der Waals surface area contributed by atoms with E-state index in [0.717, 1.165) is 17.7 Å². The third kappa shape index (κ3) is 3.49. The summed E-state index contributed by atoms with van der Waals surface area (Å²) in [6, 6.07) is 10.7. The van der Waals surface area contributed by atoms with E-state index in [2.05, 4.69) is 5.32 Å². The first kappa shape index (κ1) is 15.7. The van der Waals surface area contributed by atoms with Crippen molar-refractivity contribution in [1.82, 2.24) is 0 Å². The lowest BCUT2D eigenvalue weighted by molar-refractivity contribution is 0.102. The predicted octanol–water partition coefficient (Wildman–Crippen LogP) is 4.82. The van der Waals surface area contributed by atoms with E-state index < -0.39 is 0 Å². The van der Waals surface area contributed by atoms with Crippen molar-refractivity contribution in [3.8, 4) is 5.75 Å². The highest BCUT2D eigenvalue weighted by atomic mass is 35.5. The number of rotatable bonds is 4. The number of hydrogen-bond acceptors (Lipinski definition) is 2. The molecule has 0 bridgehead atoms. The van der Waals surface area contributed by atoms with Gasteiger partial charge in [0, 0.05) is 11.3 Å². The molecule has 2 aromatic rings. The maximum atomic E-state index is 12.3. The molecule has 0 atom stereocenters. The summed E-state index contributed by atoms with van der Waals surface area (Å²) >= 11 is 12.1. The minimum Gasteiger partial charge on any atom is -0.494 e. The molecule has 1 amide bonds. The number of methoxy groups -OCH3 is 1. The van der Waals surface area contributed by atoms with Crippen LogP contribution >= 0.6 is 23.2 Å². The standard InChI is InChI=1S/C16H15Cl2NO2/c1-3-10-6-4-5-7-14(10)19-16(20)11-8-12(17)15(21-2)13(18)9-11/h4-9H,3H2,1-2H3,(H,19,20). The van der Waals surface area contributed by atoms with Gasteiger partial charge in [-0.15, -0.1) is 0 Å². The number of ether oxygens (including phenoxy) is 1. The predicted molar refractivity (Wildman–Crippen MR) is 86.8 cm³/mol. The third-order valence-electron chi connectivity index (χ3n) is 3.11. The number of carbonyl (C=O) groups excluding carboxylic acids is 1. The normalized spacial score (nSPS) is 10.3. The van der Waals surface area contributed by atoms with Crippen molar-refractivity contribution in [1.29, 1.82) is 0 Å². The fourth-order valence-electron chi connectivity index (χ4n) is 2.03. The number of halogens is 2. The van der Waals surface area contributed by atoms with E-state index in [9.17, 15) is 4.79 Å². The number of para-hydroxylation sites is 1. The first-order valence-corrected chi connectivity index (χ1v) is 7.24. The number of benzene rings is 2. The molecule has 0 spiro atoms. The molecule has 0 unspecified atom stereocenters. The van der Waals surface area contributed by atoms with Crippen molar-refractivity contribution in [3.05, 3.63) is 57.6 Å². The van der Waals surface area contributed by atoms with Crippen LogP contribution in [0, 0.1) is 0 Å². The summed E-state index contributed by atoms with van der Waals surface area (Å²) < 4.78 is 5.07. The van der Waals surface area contributed by atoms with Crippen LogP contribution in [0.1, 0.15) is 22.8 Å². The Morgan fingerprint density at radius 3 is 2.38 bits per heavy atom. The topological polar surface area (TPSA) is 38.3 Å². The van der Waals surface area contributed by atoms with Crippen LogP contribution in [0.2, 0.25) is 10.0 Å². The lowest BCUT2D eigenvalue weighted by atomic mass is 10.1. The zero-order chi connectivity index (χ0) is 15.4. The second-order valence-corrected chi connectivity index (χ2v) is 5.25. The van der Waals surface area contributed by atoms with Crippen LogP contribution in [0.5, 0.6) is 5.75 Å². The van der Waals surface area contributed by atoms with Gasteiger partial charge < -0.3 is 10.1 Å². The van der Waals surface area contributed by atoms with Crippen LogP contribution in [0.3, 0.4) is 0 Å². The summed E-state index contributed by atoms with van der Waals surface area (Å²) in [7, 11) is 1.48. The molecule has 0 aliphatic carbocycles. The Morgan fingerprint density at radius 1 is 1.19 bits per heavy atom.